The van der Waals surface area contributed by atoms with E-state index in [0.29, 0.717) is 17.9 Å². The number of rotatable bonds is 5. The van der Waals surface area contributed by atoms with E-state index in [1.54, 1.807) is 12.1 Å². The van der Waals surface area contributed by atoms with Crippen LogP contribution in [0.15, 0.2) is 60.7 Å². The molecule has 0 spiro atoms. The first-order valence-corrected chi connectivity index (χ1v) is 10.9. The van der Waals surface area contributed by atoms with Crippen molar-refractivity contribution in [3.63, 3.8) is 0 Å². The Morgan fingerprint density at radius 2 is 1.55 bits per heavy atom. The first-order chi connectivity index (χ1) is 14.2. The molecule has 2 amide bonds. The summed E-state index contributed by atoms with van der Waals surface area (Å²) in [6.45, 7) is 1.66. The smallest absolute Gasteiger partial charge is 0.251 e. The maximum Gasteiger partial charge on any atom is 0.251 e. The molecule has 1 saturated carbocycles. The SMILES string of the molecule is O=C(N[C@H](Cc1ccccc1)C(=O)N1CC[C@@H]2CCCC[C@@H]2C1)c1ccccc1. The summed E-state index contributed by atoms with van der Waals surface area (Å²) in [5, 5.41) is 3.02. The number of hydrogen-bond acceptors (Lipinski definition) is 2. The molecular weight excluding hydrogens is 360 g/mol. The lowest BCUT2D eigenvalue weighted by Crippen LogP contribution is -2.53. The van der Waals surface area contributed by atoms with E-state index in [1.165, 1.54) is 25.7 Å². The van der Waals surface area contributed by atoms with Gasteiger partial charge >= 0.3 is 0 Å². The van der Waals surface area contributed by atoms with Crippen molar-refractivity contribution < 1.29 is 9.59 Å². The lowest BCUT2D eigenvalue weighted by atomic mass is 9.75. The minimum atomic E-state index is -0.537. The standard InChI is InChI=1S/C25H30N2O2/c28-24(21-12-5-2-6-13-21)26-23(17-19-9-3-1-4-10-19)25(29)27-16-15-20-11-7-8-14-22(20)18-27/h1-6,9-10,12-13,20,22-23H,7-8,11,14-18H2,(H,26,28)/t20-,22+,23+/m0/s1. The van der Waals surface area contributed by atoms with Crippen LogP contribution in [0, 0.1) is 11.8 Å². The predicted molar refractivity (Wildman–Crippen MR) is 114 cm³/mol. The molecule has 4 heteroatoms. The van der Waals surface area contributed by atoms with Gasteiger partial charge in [-0.15, -0.1) is 0 Å². The zero-order valence-electron chi connectivity index (χ0n) is 16.9. The third-order valence-electron chi connectivity index (χ3n) is 6.52. The van der Waals surface area contributed by atoms with Crippen LogP contribution in [-0.4, -0.2) is 35.8 Å². The van der Waals surface area contributed by atoms with Gasteiger partial charge in [-0.05, 0) is 42.4 Å². The highest BCUT2D eigenvalue weighted by molar-refractivity contribution is 5.97. The van der Waals surface area contributed by atoms with Gasteiger partial charge in [-0.2, -0.15) is 0 Å². The Balaban J connectivity index is 1.49. The van der Waals surface area contributed by atoms with Crippen LogP contribution in [-0.2, 0) is 11.2 Å². The largest absolute Gasteiger partial charge is 0.341 e. The quantitative estimate of drug-likeness (QED) is 0.837. The van der Waals surface area contributed by atoms with Gasteiger partial charge in [0, 0.05) is 25.1 Å². The number of carbonyl (C=O) groups is 2. The van der Waals surface area contributed by atoms with Gasteiger partial charge in [-0.1, -0.05) is 67.8 Å². The number of piperidine rings is 1. The number of likely N-dealkylation sites (tertiary alicyclic amines) is 1. The number of carbonyl (C=O) groups excluding carboxylic acids is 2. The highest BCUT2D eigenvalue weighted by Gasteiger charge is 2.35. The first kappa shape index (κ1) is 19.7. The zero-order valence-corrected chi connectivity index (χ0v) is 16.9. The molecule has 2 fully saturated rings. The number of benzene rings is 2. The van der Waals surface area contributed by atoms with Crippen LogP contribution >= 0.6 is 0 Å². The summed E-state index contributed by atoms with van der Waals surface area (Å²) in [6.07, 6.45) is 6.77. The van der Waals surface area contributed by atoms with Crippen molar-refractivity contribution in [2.45, 2.75) is 44.6 Å². The van der Waals surface area contributed by atoms with E-state index in [2.05, 4.69) is 5.32 Å². The van der Waals surface area contributed by atoms with Crippen LogP contribution in [0.25, 0.3) is 0 Å². The van der Waals surface area contributed by atoms with E-state index < -0.39 is 6.04 Å². The molecule has 1 aliphatic carbocycles. The van der Waals surface area contributed by atoms with E-state index in [4.69, 9.17) is 0 Å². The number of fused-ring (bicyclic) bond motifs is 1. The molecule has 0 radical (unpaired) electrons. The van der Waals surface area contributed by atoms with Gasteiger partial charge in [0.1, 0.15) is 6.04 Å². The molecule has 1 aliphatic heterocycles. The minimum Gasteiger partial charge on any atom is -0.341 e. The molecular formula is C25H30N2O2. The van der Waals surface area contributed by atoms with Crippen molar-refractivity contribution in [3.05, 3.63) is 71.8 Å². The molecule has 2 aromatic rings. The van der Waals surface area contributed by atoms with E-state index in [9.17, 15) is 9.59 Å². The first-order valence-electron chi connectivity index (χ1n) is 10.9. The van der Waals surface area contributed by atoms with Gasteiger partial charge in [-0.3, -0.25) is 9.59 Å². The van der Waals surface area contributed by atoms with Crippen LogP contribution in [0.1, 0.15) is 48.0 Å². The molecule has 4 rings (SSSR count). The molecule has 29 heavy (non-hydrogen) atoms. The Morgan fingerprint density at radius 1 is 0.897 bits per heavy atom. The number of hydrogen-bond donors (Lipinski definition) is 1. The second-order valence-electron chi connectivity index (χ2n) is 8.46. The monoisotopic (exact) mass is 390 g/mol. The number of nitrogens with zero attached hydrogens (tertiary/aromatic N) is 1. The lowest BCUT2D eigenvalue weighted by Gasteiger charge is -2.42. The fourth-order valence-corrected chi connectivity index (χ4v) is 4.90. The molecule has 152 valence electrons. The van der Waals surface area contributed by atoms with E-state index in [-0.39, 0.29) is 11.8 Å². The Labute approximate surface area is 173 Å². The third-order valence-corrected chi connectivity index (χ3v) is 6.52. The summed E-state index contributed by atoms with van der Waals surface area (Å²) in [5.41, 5.74) is 1.65. The Hall–Kier alpha value is -2.62. The molecule has 2 aromatic carbocycles. The lowest BCUT2D eigenvalue weighted by molar-refractivity contribution is -0.136. The van der Waals surface area contributed by atoms with E-state index in [0.717, 1.165) is 31.0 Å². The van der Waals surface area contributed by atoms with Crippen LogP contribution in [0.2, 0.25) is 0 Å². The van der Waals surface area contributed by atoms with Crippen LogP contribution < -0.4 is 5.32 Å². The van der Waals surface area contributed by atoms with Gasteiger partial charge in [0.2, 0.25) is 5.91 Å². The normalized spacial score (nSPS) is 22.4. The molecule has 0 unspecified atom stereocenters. The summed E-state index contributed by atoms with van der Waals surface area (Å²) in [7, 11) is 0. The fourth-order valence-electron chi connectivity index (χ4n) is 4.90. The van der Waals surface area contributed by atoms with Gasteiger partial charge in [0.25, 0.3) is 5.91 Å². The summed E-state index contributed by atoms with van der Waals surface area (Å²) < 4.78 is 0. The Morgan fingerprint density at radius 3 is 2.28 bits per heavy atom. The molecule has 4 nitrogen and oxygen atoms in total. The summed E-state index contributed by atoms with van der Waals surface area (Å²) in [4.78, 5) is 28.2. The van der Waals surface area contributed by atoms with Gasteiger partial charge in [-0.25, -0.2) is 0 Å². The van der Waals surface area contributed by atoms with Crippen LogP contribution in [0.3, 0.4) is 0 Å². The Bertz CT molecular complexity index is 821. The predicted octanol–water partition coefficient (Wildman–Crippen LogP) is 4.07. The Kier molecular flexibility index (Phi) is 6.28. The number of amides is 2. The molecule has 0 aromatic heterocycles. The summed E-state index contributed by atoms with van der Waals surface area (Å²) >= 11 is 0. The van der Waals surface area contributed by atoms with E-state index >= 15 is 0 Å². The van der Waals surface area contributed by atoms with Crippen molar-refractivity contribution in [1.29, 1.82) is 0 Å². The summed E-state index contributed by atoms with van der Waals surface area (Å²) in [6, 6.07) is 18.6. The van der Waals surface area contributed by atoms with Crippen molar-refractivity contribution in [3.8, 4) is 0 Å². The molecule has 2 aliphatic rings. The highest BCUT2D eigenvalue weighted by Crippen LogP contribution is 2.36. The average molecular weight is 391 g/mol. The maximum atomic E-state index is 13.5. The summed E-state index contributed by atoms with van der Waals surface area (Å²) in [5.74, 6) is 1.28. The number of nitrogens with one attached hydrogen (secondary N) is 1. The second-order valence-corrected chi connectivity index (χ2v) is 8.46. The molecule has 1 heterocycles. The molecule has 0 bridgehead atoms. The fraction of sp³-hybridized carbons (Fsp3) is 0.440. The van der Waals surface area contributed by atoms with Gasteiger partial charge < -0.3 is 10.2 Å². The van der Waals surface area contributed by atoms with Crippen molar-refractivity contribution in [2.24, 2.45) is 11.8 Å². The van der Waals surface area contributed by atoms with Crippen molar-refractivity contribution in [2.75, 3.05) is 13.1 Å². The second kappa shape index (κ2) is 9.25. The zero-order chi connectivity index (χ0) is 20.1. The van der Waals surface area contributed by atoms with Crippen LogP contribution in [0.5, 0.6) is 0 Å². The highest BCUT2D eigenvalue weighted by atomic mass is 16.2. The van der Waals surface area contributed by atoms with Crippen molar-refractivity contribution >= 4 is 11.8 Å². The topological polar surface area (TPSA) is 49.4 Å². The molecule has 1 N–H and O–H groups in total. The van der Waals surface area contributed by atoms with E-state index in [1.807, 2.05) is 53.4 Å². The van der Waals surface area contributed by atoms with Crippen molar-refractivity contribution in [1.82, 2.24) is 10.2 Å². The van der Waals surface area contributed by atoms with Crippen LogP contribution in [0.4, 0.5) is 0 Å². The molecule has 1 saturated heterocycles. The molecule has 3 atom stereocenters. The van der Waals surface area contributed by atoms with Gasteiger partial charge in [0.15, 0.2) is 0 Å². The third kappa shape index (κ3) is 4.87. The van der Waals surface area contributed by atoms with Gasteiger partial charge in [0.05, 0.1) is 0 Å². The average Bonchev–Trinajstić information content (AvgIpc) is 2.79. The minimum absolute atomic E-state index is 0.0576. The maximum absolute atomic E-state index is 13.5.